The van der Waals surface area contributed by atoms with Crippen LogP contribution < -0.4 is 4.67 Å². The number of benzene rings is 1. The molecule has 4 nitrogen and oxygen atoms in total. The van der Waals surface area contributed by atoms with Crippen molar-refractivity contribution in [2.45, 2.75) is 0 Å². The molecule has 96 valence electrons. The second-order valence-corrected chi connectivity index (χ2v) is 6.02. The van der Waals surface area contributed by atoms with Crippen molar-refractivity contribution in [3.05, 3.63) is 46.2 Å². The van der Waals surface area contributed by atoms with Gasteiger partial charge in [0.1, 0.15) is 0 Å². The highest BCUT2D eigenvalue weighted by Gasteiger charge is 2.07. The van der Waals surface area contributed by atoms with E-state index >= 15 is 0 Å². The van der Waals surface area contributed by atoms with Gasteiger partial charge in [-0.2, -0.15) is 9.47 Å². The number of hydrogen-bond acceptors (Lipinski definition) is 5. The Morgan fingerprint density at radius 2 is 2.05 bits per heavy atom. The highest BCUT2D eigenvalue weighted by Crippen LogP contribution is 2.22. The van der Waals surface area contributed by atoms with E-state index in [4.69, 9.17) is 11.6 Å². The monoisotopic (exact) mass is 308 g/mol. The van der Waals surface area contributed by atoms with Gasteiger partial charge < -0.3 is 0 Å². The molecule has 0 bridgehead atoms. The molecule has 1 aromatic carbocycles. The van der Waals surface area contributed by atoms with Crippen LogP contribution in [-0.2, 0) is 7.05 Å². The zero-order valence-corrected chi connectivity index (χ0v) is 12.3. The van der Waals surface area contributed by atoms with Crippen LogP contribution in [0.1, 0.15) is 0 Å². The first-order valence-corrected chi connectivity index (χ1v) is 7.98. The van der Waals surface area contributed by atoms with Crippen LogP contribution in [0.15, 0.2) is 41.4 Å². The predicted molar refractivity (Wildman–Crippen MR) is 78.9 cm³/mol. The van der Waals surface area contributed by atoms with E-state index in [-0.39, 0.29) is 0 Å². The molecule has 0 amide bonds. The van der Waals surface area contributed by atoms with E-state index in [2.05, 4.69) is 14.5 Å². The summed E-state index contributed by atoms with van der Waals surface area (Å²) in [6.07, 6.45) is 0. The van der Waals surface area contributed by atoms with Crippen LogP contribution in [0.25, 0.3) is 11.3 Å². The first-order chi connectivity index (χ1) is 9.24. The van der Waals surface area contributed by atoms with Crippen molar-refractivity contribution in [2.75, 3.05) is 0 Å². The minimum absolute atomic E-state index is 0.442. The third-order valence-electron chi connectivity index (χ3n) is 2.55. The molecule has 0 saturated heterocycles. The standard InChI is InChI=1S/C12H9ClN4S2/c1-17-10(14-12-11(13)16-19-18-12)7-9(15-17)8-5-3-2-4-6-8/h2-7H,1H3/b14-12-. The van der Waals surface area contributed by atoms with Crippen LogP contribution in [-0.4, -0.2) is 14.2 Å². The molecule has 3 aromatic rings. The summed E-state index contributed by atoms with van der Waals surface area (Å²) in [5, 5.41) is 4.90. The smallest absolute Gasteiger partial charge is 0.179 e. The Labute approximate surface area is 122 Å². The molecule has 0 aliphatic heterocycles. The number of aromatic nitrogens is 3. The number of halogens is 1. The fourth-order valence-electron chi connectivity index (χ4n) is 1.64. The molecule has 3 rings (SSSR count). The molecule has 0 aliphatic rings. The molecule has 0 N–H and O–H groups in total. The van der Waals surface area contributed by atoms with Gasteiger partial charge in [-0.3, -0.25) is 4.68 Å². The molecule has 0 atom stereocenters. The molecule has 2 aromatic heterocycles. The average Bonchev–Trinajstić information content (AvgIpc) is 2.99. The Kier molecular flexibility index (Phi) is 3.46. The van der Waals surface area contributed by atoms with Gasteiger partial charge in [-0.15, -0.1) is 0 Å². The summed E-state index contributed by atoms with van der Waals surface area (Å²) in [5.41, 5.74) is 1.96. The molecule has 0 saturated carbocycles. The van der Waals surface area contributed by atoms with Gasteiger partial charge in [0.2, 0.25) is 0 Å². The SMILES string of the molecule is Cn1nc(-c2ccccc2)cc1/N=c1\ssnc1Cl. The summed E-state index contributed by atoms with van der Waals surface area (Å²) in [6.45, 7) is 0. The highest BCUT2D eigenvalue weighted by molar-refractivity contribution is 7.66. The lowest BCUT2D eigenvalue weighted by Gasteiger charge is -1.93. The maximum atomic E-state index is 5.95. The van der Waals surface area contributed by atoms with E-state index in [0.29, 0.717) is 9.82 Å². The summed E-state index contributed by atoms with van der Waals surface area (Å²) in [4.78, 5) is 4.48. The van der Waals surface area contributed by atoms with Crippen molar-refractivity contribution in [3.8, 4) is 11.3 Å². The lowest BCUT2D eigenvalue weighted by Crippen LogP contribution is -1.96. The first kappa shape index (κ1) is 12.5. The Hall–Kier alpha value is -1.50. The van der Waals surface area contributed by atoms with Crippen LogP contribution in [0.5, 0.6) is 0 Å². The van der Waals surface area contributed by atoms with Crippen LogP contribution in [0.2, 0.25) is 5.15 Å². The van der Waals surface area contributed by atoms with E-state index in [1.807, 2.05) is 43.4 Å². The molecule has 0 aliphatic carbocycles. The van der Waals surface area contributed by atoms with Gasteiger partial charge in [0.05, 0.1) is 5.69 Å². The molecule has 0 unspecified atom stereocenters. The third-order valence-corrected chi connectivity index (χ3v) is 4.72. The summed E-state index contributed by atoms with van der Waals surface area (Å²) in [5.74, 6) is 0.761. The summed E-state index contributed by atoms with van der Waals surface area (Å²) >= 11 is 5.95. The van der Waals surface area contributed by atoms with Crippen molar-refractivity contribution in [1.29, 1.82) is 0 Å². The fourth-order valence-corrected chi connectivity index (χ4v) is 3.62. The summed E-state index contributed by atoms with van der Waals surface area (Å²) in [6, 6.07) is 11.9. The Morgan fingerprint density at radius 1 is 1.26 bits per heavy atom. The van der Waals surface area contributed by atoms with Crippen molar-refractivity contribution in [1.82, 2.24) is 14.2 Å². The minimum Gasteiger partial charge on any atom is -0.250 e. The van der Waals surface area contributed by atoms with Gasteiger partial charge >= 0.3 is 0 Å². The van der Waals surface area contributed by atoms with Gasteiger partial charge in [0, 0.05) is 29.2 Å². The van der Waals surface area contributed by atoms with Crippen molar-refractivity contribution in [3.63, 3.8) is 0 Å². The molecular formula is C12H9ClN4S2. The van der Waals surface area contributed by atoms with E-state index in [9.17, 15) is 0 Å². The second kappa shape index (κ2) is 5.24. The van der Waals surface area contributed by atoms with Crippen LogP contribution in [0.3, 0.4) is 0 Å². The number of rotatable bonds is 2. The predicted octanol–water partition coefficient (Wildman–Crippen LogP) is 3.49. The van der Waals surface area contributed by atoms with E-state index in [0.717, 1.165) is 17.1 Å². The lowest BCUT2D eigenvalue weighted by molar-refractivity contribution is 0.771. The molecule has 0 fully saturated rings. The summed E-state index contributed by atoms with van der Waals surface area (Å²) in [7, 11) is 4.64. The fraction of sp³-hybridized carbons (Fsp3) is 0.0833. The van der Waals surface area contributed by atoms with E-state index < -0.39 is 0 Å². The third kappa shape index (κ3) is 2.60. The highest BCUT2D eigenvalue weighted by atomic mass is 35.5. The minimum atomic E-state index is 0.442. The second-order valence-electron chi connectivity index (χ2n) is 3.83. The molecular weight excluding hydrogens is 300 g/mol. The molecule has 19 heavy (non-hydrogen) atoms. The zero-order valence-electron chi connectivity index (χ0n) is 9.95. The van der Waals surface area contributed by atoms with Crippen molar-refractivity contribution < 1.29 is 0 Å². The topological polar surface area (TPSA) is 43.1 Å². The van der Waals surface area contributed by atoms with Crippen molar-refractivity contribution in [2.24, 2.45) is 12.0 Å². The van der Waals surface area contributed by atoms with Gasteiger partial charge in [-0.1, -0.05) is 41.9 Å². The molecule has 7 heteroatoms. The maximum absolute atomic E-state index is 5.95. The van der Waals surface area contributed by atoms with Gasteiger partial charge in [-0.05, 0) is 10.3 Å². The Balaban J connectivity index is 2.06. The van der Waals surface area contributed by atoms with Gasteiger partial charge in [0.25, 0.3) is 0 Å². The normalized spacial score (nSPS) is 12.0. The van der Waals surface area contributed by atoms with Gasteiger partial charge in [-0.25, -0.2) is 4.99 Å². The quantitative estimate of drug-likeness (QED) is 0.680. The first-order valence-electron chi connectivity index (χ1n) is 5.50. The van der Waals surface area contributed by atoms with E-state index in [1.54, 1.807) is 4.68 Å². The van der Waals surface area contributed by atoms with Gasteiger partial charge in [0.15, 0.2) is 15.6 Å². The molecule has 2 heterocycles. The average molecular weight is 309 g/mol. The molecule has 0 spiro atoms. The number of nitrogens with zero attached hydrogens (tertiary/aromatic N) is 4. The summed E-state index contributed by atoms with van der Waals surface area (Å²) < 4.78 is 6.47. The van der Waals surface area contributed by atoms with Crippen LogP contribution in [0, 0.1) is 0 Å². The zero-order chi connectivity index (χ0) is 13.2. The van der Waals surface area contributed by atoms with Crippen LogP contribution in [0.4, 0.5) is 5.82 Å². The lowest BCUT2D eigenvalue weighted by atomic mass is 10.2. The Bertz CT molecular complexity index is 757. The maximum Gasteiger partial charge on any atom is 0.179 e. The number of aryl methyl sites for hydroxylation is 1. The van der Waals surface area contributed by atoms with Crippen molar-refractivity contribution >= 4 is 38.3 Å². The Morgan fingerprint density at radius 3 is 2.74 bits per heavy atom. The van der Waals surface area contributed by atoms with E-state index in [1.165, 1.54) is 20.9 Å². The largest absolute Gasteiger partial charge is 0.250 e. The molecule has 0 radical (unpaired) electrons. The van der Waals surface area contributed by atoms with Crippen LogP contribution >= 0.6 is 32.5 Å². The number of hydrogen-bond donors (Lipinski definition) is 0.